The third-order valence-electron chi connectivity index (χ3n) is 6.64. The molecule has 1 unspecified atom stereocenters. The standard InChI is InChI=1S/C27H30N2O3/c1-4-24(21-13-11-20(12-14-21)22-15-17-28(3)25(30)19-22)29-18-16-27(5-2,32-26(29)31)23-9-7-6-8-10-23/h6-15,17,19,24H,4-5,16,18H2,1-3H3/t24?,27-/m1/s1. The molecule has 1 aromatic heterocycles. The van der Waals surface area contributed by atoms with Gasteiger partial charge in [0.25, 0.3) is 5.56 Å². The van der Waals surface area contributed by atoms with Crippen LogP contribution in [0.4, 0.5) is 4.79 Å². The van der Waals surface area contributed by atoms with Crippen LogP contribution in [0.1, 0.15) is 50.3 Å². The highest BCUT2D eigenvalue weighted by Crippen LogP contribution is 2.40. The van der Waals surface area contributed by atoms with Crippen LogP contribution in [0.5, 0.6) is 0 Å². The number of pyridine rings is 1. The number of nitrogens with zero attached hydrogens (tertiary/aromatic N) is 2. The Morgan fingerprint density at radius 2 is 1.69 bits per heavy atom. The number of hydrogen-bond donors (Lipinski definition) is 0. The van der Waals surface area contributed by atoms with Gasteiger partial charge in [-0.1, -0.05) is 68.4 Å². The Hall–Kier alpha value is -3.34. The normalized spacial score (nSPS) is 19.5. The summed E-state index contributed by atoms with van der Waals surface area (Å²) in [4.78, 5) is 27.0. The first kappa shape index (κ1) is 21.9. The molecule has 2 heterocycles. The number of aryl methyl sites for hydroxylation is 1. The largest absolute Gasteiger partial charge is 0.438 e. The fourth-order valence-electron chi connectivity index (χ4n) is 4.61. The SMILES string of the molecule is CCC(c1ccc(-c2ccn(C)c(=O)c2)cc1)N1CC[C@](CC)(c2ccccc2)OC1=O. The minimum absolute atomic E-state index is 0.0353. The fourth-order valence-corrected chi connectivity index (χ4v) is 4.61. The van der Waals surface area contributed by atoms with Crippen LogP contribution < -0.4 is 5.56 Å². The van der Waals surface area contributed by atoms with Crippen molar-refractivity contribution >= 4 is 6.09 Å². The summed E-state index contributed by atoms with van der Waals surface area (Å²) in [6.07, 6.45) is 3.82. The number of aromatic nitrogens is 1. The number of amides is 1. The molecule has 166 valence electrons. The molecule has 32 heavy (non-hydrogen) atoms. The molecule has 1 saturated heterocycles. The van der Waals surface area contributed by atoms with Gasteiger partial charge in [-0.3, -0.25) is 4.79 Å². The Kier molecular flexibility index (Phi) is 6.17. The van der Waals surface area contributed by atoms with E-state index >= 15 is 0 Å². The average Bonchev–Trinajstić information content (AvgIpc) is 2.83. The second-order valence-electron chi connectivity index (χ2n) is 8.44. The van der Waals surface area contributed by atoms with E-state index in [1.807, 2.05) is 65.6 Å². The van der Waals surface area contributed by atoms with Gasteiger partial charge < -0.3 is 14.2 Å². The molecular weight excluding hydrogens is 400 g/mol. The molecule has 1 aliphatic heterocycles. The van der Waals surface area contributed by atoms with Gasteiger partial charge in [-0.2, -0.15) is 0 Å². The molecule has 0 radical (unpaired) electrons. The van der Waals surface area contributed by atoms with Gasteiger partial charge in [0.05, 0.1) is 6.04 Å². The van der Waals surface area contributed by atoms with Crippen molar-refractivity contribution in [1.82, 2.24) is 9.47 Å². The number of cyclic esters (lactones) is 1. The van der Waals surface area contributed by atoms with Crippen molar-refractivity contribution in [2.24, 2.45) is 7.05 Å². The lowest BCUT2D eigenvalue weighted by molar-refractivity contribution is -0.0646. The molecule has 1 amide bonds. The highest BCUT2D eigenvalue weighted by atomic mass is 16.6. The maximum Gasteiger partial charge on any atom is 0.411 e. The van der Waals surface area contributed by atoms with Gasteiger partial charge >= 0.3 is 6.09 Å². The molecule has 4 rings (SSSR count). The van der Waals surface area contributed by atoms with Crippen LogP contribution >= 0.6 is 0 Å². The zero-order chi connectivity index (χ0) is 22.7. The molecule has 3 aromatic rings. The number of rotatable bonds is 6. The van der Waals surface area contributed by atoms with Crippen molar-refractivity contribution in [1.29, 1.82) is 0 Å². The van der Waals surface area contributed by atoms with Crippen LogP contribution in [-0.2, 0) is 17.4 Å². The van der Waals surface area contributed by atoms with Crippen molar-refractivity contribution in [2.45, 2.75) is 44.8 Å². The first-order chi connectivity index (χ1) is 15.5. The van der Waals surface area contributed by atoms with Crippen LogP contribution in [0.25, 0.3) is 11.1 Å². The van der Waals surface area contributed by atoms with Crippen molar-refractivity contribution < 1.29 is 9.53 Å². The second-order valence-corrected chi connectivity index (χ2v) is 8.44. The summed E-state index contributed by atoms with van der Waals surface area (Å²) < 4.78 is 7.65. The van der Waals surface area contributed by atoms with E-state index < -0.39 is 5.60 Å². The molecule has 1 fully saturated rings. The lowest BCUT2D eigenvalue weighted by Gasteiger charge is -2.43. The van der Waals surface area contributed by atoms with Gasteiger partial charge in [0.2, 0.25) is 0 Å². The molecule has 1 aliphatic rings. The summed E-state index contributed by atoms with van der Waals surface area (Å²) in [5.41, 5.74) is 3.41. The van der Waals surface area contributed by atoms with Gasteiger partial charge in [0.1, 0.15) is 5.60 Å². The van der Waals surface area contributed by atoms with Gasteiger partial charge in [0, 0.05) is 32.3 Å². The Morgan fingerprint density at radius 1 is 0.969 bits per heavy atom. The molecule has 5 heteroatoms. The molecule has 0 aliphatic carbocycles. The Morgan fingerprint density at radius 3 is 2.28 bits per heavy atom. The summed E-state index contributed by atoms with van der Waals surface area (Å²) in [6, 6.07) is 21.7. The van der Waals surface area contributed by atoms with Gasteiger partial charge in [-0.05, 0) is 41.2 Å². The molecule has 0 spiro atoms. The third kappa shape index (κ3) is 4.07. The van der Waals surface area contributed by atoms with Crippen molar-refractivity contribution in [3.05, 3.63) is 94.4 Å². The van der Waals surface area contributed by atoms with Crippen molar-refractivity contribution in [2.75, 3.05) is 6.54 Å². The number of benzene rings is 2. The predicted molar refractivity (Wildman–Crippen MR) is 126 cm³/mol. The van der Waals surface area contributed by atoms with E-state index in [9.17, 15) is 9.59 Å². The first-order valence-corrected chi connectivity index (χ1v) is 11.3. The fraction of sp³-hybridized carbons (Fsp3) is 0.333. The van der Waals surface area contributed by atoms with Crippen LogP contribution in [-0.4, -0.2) is 22.1 Å². The lowest BCUT2D eigenvalue weighted by atomic mass is 9.86. The van der Waals surface area contributed by atoms with E-state index in [2.05, 4.69) is 13.8 Å². The second kappa shape index (κ2) is 9.03. The molecule has 0 N–H and O–H groups in total. The van der Waals surface area contributed by atoms with E-state index in [0.29, 0.717) is 6.54 Å². The van der Waals surface area contributed by atoms with Gasteiger partial charge in [0.15, 0.2) is 0 Å². The maximum atomic E-state index is 13.1. The number of carbonyl (C=O) groups is 1. The van der Waals surface area contributed by atoms with Crippen LogP contribution in [0, 0.1) is 0 Å². The number of ether oxygens (including phenoxy) is 1. The van der Waals surface area contributed by atoms with Gasteiger partial charge in [-0.15, -0.1) is 0 Å². The minimum atomic E-state index is -0.559. The van der Waals surface area contributed by atoms with E-state index in [-0.39, 0.29) is 17.7 Å². The van der Waals surface area contributed by atoms with E-state index in [4.69, 9.17) is 4.74 Å². The topological polar surface area (TPSA) is 51.5 Å². The monoisotopic (exact) mass is 430 g/mol. The Bertz CT molecular complexity index is 1140. The third-order valence-corrected chi connectivity index (χ3v) is 6.64. The summed E-state index contributed by atoms with van der Waals surface area (Å²) >= 11 is 0. The summed E-state index contributed by atoms with van der Waals surface area (Å²) in [7, 11) is 1.74. The smallest absolute Gasteiger partial charge is 0.411 e. The molecular formula is C27H30N2O3. The highest BCUT2D eigenvalue weighted by molar-refractivity contribution is 5.70. The van der Waals surface area contributed by atoms with Crippen LogP contribution in [0.2, 0.25) is 0 Å². The predicted octanol–water partition coefficient (Wildman–Crippen LogP) is 5.65. The number of hydrogen-bond acceptors (Lipinski definition) is 3. The summed E-state index contributed by atoms with van der Waals surface area (Å²) in [5.74, 6) is 0. The average molecular weight is 431 g/mol. The first-order valence-electron chi connectivity index (χ1n) is 11.3. The lowest BCUT2D eigenvalue weighted by Crippen LogP contribution is -2.48. The Balaban J connectivity index is 1.55. The van der Waals surface area contributed by atoms with Crippen LogP contribution in [0.15, 0.2) is 77.7 Å². The summed E-state index contributed by atoms with van der Waals surface area (Å²) in [6.45, 7) is 4.81. The molecule has 0 bridgehead atoms. The number of carbonyl (C=O) groups excluding carboxylic acids is 1. The van der Waals surface area contributed by atoms with E-state index in [0.717, 1.165) is 41.5 Å². The van der Waals surface area contributed by atoms with Gasteiger partial charge in [-0.25, -0.2) is 4.79 Å². The molecule has 0 saturated carbocycles. The maximum absolute atomic E-state index is 13.1. The zero-order valence-corrected chi connectivity index (χ0v) is 19.0. The molecule has 5 nitrogen and oxygen atoms in total. The van der Waals surface area contributed by atoms with Crippen molar-refractivity contribution in [3.8, 4) is 11.1 Å². The highest BCUT2D eigenvalue weighted by Gasteiger charge is 2.42. The molecule has 2 aromatic carbocycles. The molecule has 2 atom stereocenters. The quantitative estimate of drug-likeness (QED) is 0.508. The van der Waals surface area contributed by atoms with E-state index in [1.54, 1.807) is 23.9 Å². The van der Waals surface area contributed by atoms with Crippen molar-refractivity contribution in [3.63, 3.8) is 0 Å². The van der Waals surface area contributed by atoms with E-state index in [1.165, 1.54) is 0 Å². The Labute approximate surface area is 189 Å². The van der Waals surface area contributed by atoms with Crippen LogP contribution in [0.3, 0.4) is 0 Å². The summed E-state index contributed by atoms with van der Waals surface area (Å²) in [5, 5.41) is 0. The minimum Gasteiger partial charge on any atom is -0.438 e. The zero-order valence-electron chi connectivity index (χ0n) is 19.0.